The van der Waals surface area contributed by atoms with E-state index in [-0.39, 0.29) is 29.9 Å². The van der Waals surface area contributed by atoms with Gasteiger partial charge in [0, 0.05) is 30.8 Å². The molecule has 0 spiro atoms. The van der Waals surface area contributed by atoms with E-state index >= 15 is 0 Å². The maximum absolute atomic E-state index is 13.1. The molecule has 0 aliphatic carbocycles. The third-order valence-electron chi connectivity index (χ3n) is 3.99. The Morgan fingerprint density at radius 3 is 2.50 bits per heavy atom. The Kier molecular flexibility index (Phi) is 5.84. The second-order valence-electron chi connectivity index (χ2n) is 5.99. The lowest BCUT2D eigenvalue weighted by Crippen LogP contribution is -2.14. The number of aromatic nitrogens is 3. The number of alkyl halides is 3. The Bertz CT molecular complexity index is 932. The Hall–Kier alpha value is -3.07. The second-order valence-corrected chi connectivity index (χ2v) is 5.99. The molecule has 5 nitrogen and oxygen atoms in total. The van der Waals surface area contributed by atoms with Gasteiger partial charge in [0.15, 0.2) is 5.82 Å². The van der Waals surface area contributed by atoms with Crippen LogP contribution in [-0.2, 0) is 6.18 Å². The highest BCUT2D eigenvalue weighted by Gasteiger charge is 2.31. The van der Waals surface area contributed by atoms with Crippen LogP contribution in [0.4, 0.5) is 23.4 Å². The van der Waals surface area contributed by atoms with Crippen molar-refractivity contribution >= 4 is 5.82 Å². The van der Waals surface area contributed by atoms with E-state index < -0.39 is 11.7 Å². The van der Waals surface area contributed by atoms with Gasteiger partial charge in [-0.1, -0.05) is 12.1 Å². The van der Waals surface area contributed by atoms with E-state index in [9.17, 15) is 22.7 Å². The van der Waals surface area contributed by atoms with Gasteiger partial charge < -0.3 is 10.4 Å². The van der Waals surface area contributed by atoms with Gasteiger partial charge in [-0.15, -0.1) is 0 Å². The average Bonchev–Trinajstić information content (AvgIpc) is 2.68. The lowest BCUT2D eigenvalue weighted by atomic mass is 10.0. The summed E-state index contributed by atoms with van der Waals surface area (Å²) < 4.78 is 51.8. The number of rotatable bonds is 6. The molecule has 0 unspecified atom stereocenters. The molecule has 0 saturated carbocycles. The molecule has 0 amide bonds. The third-order valence-corrected chi connectivity index (χ3v) is 3.99. The quantitative estimate of drug-likeness (QED) is 0.615. The van der Waals surface area contributed by atoms with Crippen molar-refractivity contribution in [3.05, 3.63) is 71.9 Å². The zero-order chi connectivity index (χ0) is 20.1. The number of benzene rings is 1. The molecule has 0 bridgehead atoms. The number of aliphatic hydroxyl groups is 1. The smallest absolute Gasteiger partial charge is 0.396 e. The van der Waals surface area contributed by atoms with Crippen molar-refractivity contribution < 1.29 is 22.7 Å². The molecule has 0 radical (unpaired) electrons. The molecule has 146 valence electrons. The van der Waals surface area contributed by atoms with Gasteiger partial charge in [0.05, 0.1) is 11.6 Å². The number of nitrogens with one attached hydrogen (secondary N) is 1. The van der Waals surface area contributed by atoms with Crippen LogP contribution < -0.4 is 5.32 Å². The van der Waals surface area contributed by atoms with E-state index in [1.165, 1.54) is 24.5 Å². The zero-order valence-corrected chi connectivity index (χ0v) is 14.5. The monoisotopic (exact) mass is 392 g/mol. The van der Waals surface area contributed by atoms with Crippen molar-refractivity contribution in [2.24, 2.45) is 0 Å². The maximum atomic E-state index is 13.1. The minimum Gasteiger partial charge on any atom is -0.396 e. The predicted molar refractivity (Wildman–Crippen MR) is 94.7 cm³/mol. The first-order valence-electron chi connectivity index (χ1n) is 8.35. The summed E-state index contributed by atoms with van der Waals surface area (Å²) in [6, 6.07) is 7.90. The lowest BCUT2D eigenvalue weighted by Gasteiger charge is -2.19. The third kappa shape index (κ3) is 4.80. The number of halogens is 4. The first-order valence-corrected chi connectivity index (χ1v) is 8.35. The summed E-state index contributed by atoms with van der Waals surface area (Å²) in [6.45, 7) is -0.121. The van der Waals surface area contributed by atoms with E-state index in [0.29, 0.717) is 12.2 Å². The Morgan fingerprint density at radius 1 is 1.07 bits per heavy atom. The molecule has 0 fully saturated rings. The minimum atomic E-state index is -4.52. The summed E-state index contributed by atoms with van der Waals surface area (Å²) in [5, 5.41) is 12.4. The number of pyridine rings is 1. The first-order chi connectivity index (χ1) is 13.4. The molecule has 3 rings (SSSR count). The Balaban J connectivity index is 1.87. The fourth-order valence-corrected chi connectivity index (χ4v) is 2.62. The van der Waals surface area contributed by atoms with Gasteiger partial charge in [-0.05, 0) is 36.2 Å². The molecule has 0 saturated heterocycles. The number of aliphatic hydroxyl groups excluding tert-OH is 1. The zero-order valence-electron chi connectivity index (χ0n) is 14.5. The predicted octanol–water partition coefficient (Wildman–Crippen LogP) is 4.23. The van der Waals surface area contributed by atoms with E-state index in [0.717, 1.165) is 17.8 Å². The molecular weight excluding hydrogens is 376 g/mol. The van der Waals surface area contributed by atoms with Crippen LogP contribution in [0.25, 0.3) is 11.4 Å². The number of hydrogen-bond acceptors (Lipinski definition) is 5. The first kappa shape index (κ1) is 19.7. The summed E-state index contributed by atoms with van der Waals surface area (Å²) in [7, 11) is 0. The van der Waals surface area contributed by atoms with Gasteiger partial charge in [-0.25, -0.2) is 14.4 Å². The molecule has 1 atom stereocenters. The van der Waals surface area contributed by atoms with Crippen LogP contribution in [0.1, 0.15) is 23.6 Å². The van der Waals surface area contributed by atoms with Crippen LogP contribution in [0.3, 0.4) is 0 Å². The van der Waals surface area contributed by atoms with Gasteiger partial charge in [0.2, 0.25) is 0 Å². The molecule has 3 aromatic rings. The van der Waals surface area contributed by atoms with Crippen molar-refractivity contribution in [3.8, 4) is 11.4 Å². The number of nitrogens with zero attached hydrogens (tertiary/aromatic N) is 3. The summed E-state index contributed by atoms with van der Waals surface area (Å²) in [4.78, 5) is 11.9. The van der Waals surface area contributed by atoms with Crippen LogP contribution in [0.15, 0.2) is 55.0 Å². The molecule has 2 aromatic heterocycles. The lowest BCUT2D eigenvalue weighted by molar-refractivity contribution is -0.137. The molecule has 2 heterocycles. The van der Waals surface area contributed by atoms with Crippen LogP contribution >= 0.6 is 0 Å². The largest absolute Gasteiger partial charge is 0.417 e. The molecule has 28 heavy (non-hydrogen) atoms. The highest BCUT2D eigenvalue weighted by Crippen LogP contribution is 2.31. The van der Waals surface area contributed by atoms with Crippen LogP contribution in [0.5, 0.6) is 0 Å². The molecule has 1 aromatic carbocycles. The summed E-state index contributed by atoms with van der Waals surface area (Å²) in [5.74, 6) is 0.0449. The standard InChI is InChI=1S/C19H16F4N4O/c20-15-3-1-12(2-4-15)16(6-8-28)26-17-5-7-25-18(27-17)13-9-14(11-24-10-13)19(21,22)23/h1-5,7,9-11,16,28H,6,8H2,(H,25,26,27)/t16-/m1/s1. The summed E-state index contributed by atoms with van der Waals surface area (Å²) >= 11 is 0. The van der Waals surface area contributed by atoms with Gasteiger partial charge in [-0.2, -0.15) is 13.2 Å². The number of hydrogen-bond donors (Lipinski definition) is 2. The van der Waals surface area contributed by atoms with Crippen molar-refractivity contribution in [3.63, 3.8) is 0 Å². The Morgan fingerprint density at radius 2 is 1.82 bits per heavy atom. The number of anilines is 1. The van der Waals surface area contributed by atoms with Crippen LogP contribution in [-0.4, -0.2) is 26.7 Å². The van der Waals surface area contributed by atoms with Crippen LogP contribution in [0.2, 0.25) is 0 Å². The van der Waals surface area contributed by atoms with E-state index in [1.54, 1.807) is 18.2 Å². The SMILES string of the molecule is OCC[C@@H](Nc1ccnc(-c2cncc(C(F)(F)F)c2)n1)c1ccc(F)cc1. The highest BCUT2D eigenvalue weighted by molar-refractivity contribution is 5.57. The summed E-state index contributed by atoms with van der Waals surface area (Å²) in [6.07, 6.45) is -0.799. The fraction of sp³-hybridized carbons (Fsp3) is 0.211. The molecule has 0 aliphatic heterocycles. The van der Waals surface area contributed by atoms with Gasteiger partial charge >= 0.3 is 6.18 Å². The van der Waals surface area contributed by atoms with Gasteiger partial charge in [0.25, 0.3) is 0 Å². The molecule has 2 N–H and O–H groups in total. The van der Waals surface area contributed by atoms with Crippen LogP contribution in [0, 0.1) is 5.82 Å². The second kappa shape index (κ2) is 8.30. The molecular formula is C19H16F4N4O. The highest BCUT2D eigenvalue weighted by atomic mass is 19.4. The fourth-order valence-electron chi connectivity index (χ4n) is 2.62. The average molecular weight is 392 g/mol. The summed E-state index contributed by atoms with van der Waals surface area (Å²) in [5.41, 5.74) is -0.0354. The van der Waals surface area contributed by atoms with Gasteiger partial charge in [0.1, 0.15) is 11.6 Å². The van der Waals surface area contributed by atoms with E-state index in [1.807, 2.05) is 0 Å². The van der Waals surface area contributed by atoms with Crippen molar-refractivity contribution in [1.82, 2.24) is 15.0 Å². The molecule has 9 heteroatoms. The normalized spacial score (nSPS) is 12.6. The topological polar surface area (TPSA) is 70.9 Å². The van der Waals surface area contributed by atoms with Crippen molar-refractivity contribution in [2.45, 2.75) is 18.6 Å². The maximum Gasteiger partial charge on any atom is 0.417 e. The van der Waals surface area contributed by atoms with E-state index in [4.69, 9.17) is 0 Å². The van der Waals surface area contributed by atoms with Crippen molar-refractivity contribution in [2.75, 3.05) is 11.9 Å². The van der Waals surface area contributed by atoms with Crippen molar-refractivity contribution in [1.29, 1.82) is 0 Å². The Labute approximate surface area is 158 Å². The minimum absolute atomic E-state index is 0.0745. The molecule has 0 aliphatic rings. The van der Waals surface area contributed by atoms with E-state index in [2.05, 4.69) is 20.3 Å². The van der Waals surface area contributed by atoms with Gasteiger partial charge in [-0.3, -0.25) is 4.98 Å².